The van der Waals surface area contributed by atoms with Gasteiger partial charge in [-0.1, -0.05) is 18.2 Å². The first-order chi connectivity index (χ1) is 13.0. The number of fused-ring (bicyclic) bond motifs is 1. The molecule has 6 heteroatoms. The fourth-order valence-corrected chi connectivity index (χ4v) is 3.63. The van der Waals surface area contributed by atoms with E-state index in [0.717, 1.165) is 12.1 Å². The van der Waals surface area contributed by atoms with E-state index >= 15 is 0 Å². The van der Waals surface area contributed by atoms with Gasteiger partial charge >= 0.3 is 0 Å². The van der Waals surface area contributed by atoms with Crippen LogP contribution in [0, 0.1) is 6.92 Å². The highest BCUT2D eigenvalue weighted by Gasteiger charge is 2.28. The number of anilines is 1. The molecule has 0 N–H and O–H groups in total. The van der Waals surface area contributed by atoms with E-state index in [2.05, 4.69) is 36.0 Å². The summed E-state index contributed by atoms with van der Waals surface area (Å²) in [6.07, 6.45) is 1.79. The first-order valence-electron chi connectivity index (χ1n) is 9.11. The van der Waals surface area contributed by atoms with Crippen LogP contribution in [0.5, 0.6) is 0 Å². The van der Waals surface area contributed by atoms with E-state index in [1.54, 1.807) is 18.4 Å². The van der Waals surface area contributed by atoms with Crippen molar-refractivity contribution in [2.75, 3.05) is 18.5 Å². The molecule has 0 fully saturated rings. The number of aromatic nitrogens is 1. The summed E-state index contributed by atoms with van der Waals surface area (Å²) in [5.41, 5.74) is 2.99. The molecule has 0 bridgehead atoms. The molecular weight excluding hydrogens is 342 g/mol. The Labute approximate surface area is 158 Å². The van der Waals surface area contributed by atoms with E-state index in [4.69, 9.17) is 8.83 Å². The van der Waals surface area contributed by atoms with Crippen molar-refractivity contribution in [2.45, 2.75) is 32.9 Å². The number of oxazole rings is 1. The third kappa shape index (κ3) is 3.35. The number of nitrogens with zero attached hydrogens (tertiary/aromatic N) is 3. The fourth-order valence-electron chi connectivity index (χ4n) is 3.63. The maximum atomic E-state index is 13.1. The molecule has 1 aliphatic heterocycles. The molecule has 0 spiro atoms. The standard InChI is InChI=1S/C21H23N3O3/c1-14-12-23(3)18-8-5-4-7-16(18)13-24(14)20(25)11-17-15(2)27-21(22-17)19-9-6-10-26-19/h4-10,14H,11-13H2,1-3H3. The predicted octanol–water partition coefficient (Wildman–Crippen LogP) is 3.65. The number of hydrogen-bond donors (Lipinski definition) is 0. The Hall–Kier alpha value is -3.02. The summed E-state index contributed by atoms with van der Waals surface area (Å²) in [4.78, 5) is 21.7. The summed E-state index contributed by atoms with van der Waals surface area (Å²) in [5, 5.41) is 0. The maximum Gasteiger partial charge on any atom is 0.263 e. The quantitative estimate of drug-likeness (QED) is 0.709. The fraction of sp³-hybridized carbons (Fsp3) is 0.333. The van der Waals surface area contributed by atoms with Crippen molar-refractivity contribution < 1.29 is 13.6 Å². The van der Waals surface area contributed by atoms with Gasteiger partial charge in [-0.05, 0) is 37.6 Å². The predicted molar refractivity (Wildman–Crippen MR) is 102 cm³/mol. The van der Waals surface area contributed by atoms with Crippen LogP contribution in [0.4, 0.5) is 5.69 Å². The number of carbonyl (C=O) groups is 1. The monoisotopic (exact) mass is 365 g/mol. The number of amides is 1. The van der Waals surface area contributed by atoms with Gasteiger partial charge in [0.25, 0.3) is 5.89 Å². The van der Waals surface area contributed by atoms with Crippen molar-refractivity contribution in [2.24, 2.45) is 0 Å². The number of carbonyl (C=O) groups excluding carboxylic acids is 1. The second-order valence-electron chi connectivity index (χ2n) is 7.06. The van der Waals surface area contributed by atoms with Crippen LogP contribution in [0.15, 0.2) is 51.5 Å². The number of aryl methyl sites for hydroxylation is 1. The van der Waals surface area contributed by atoms with Gasteiger partial charge in [-0.2, -0.15) is 0 Å². The number of para-hydroxylation sites is 1. The number of hydrogen-bond acceptors (Lipinski definition) is 5. The zero-order chi connectivity index (χ0) is 19.0. The molecule has 0 radical (unpaired) electrons. The van der Waals surface area contributed by atoms with Crippen molar-refractivity contribution in [3.63, 3.8) is 0 Å². The molecule has 1 amide bonds. The van der Waals surface area contributed by atoms with E-state index in [1.165, 1.54) is 5.69 Å². The highest BCUT2D eigenvalue weighted by atomic mass is 16.4. The van der Waals surface area contributed by atoms with Crippen LogP contribution < -0.4 is 4.90 Å². The van der Waals surface area contributed by atoms with Gasteiger partial charge < -0.3 is 18.6 Å². The Morgan fingerprint density at radius 3 is 2.85 bits per heavy atom. The molecule has 0 saturated heterocycles. The van der Waals surface area contributed by atoms with Crippen LogP contribution in [0.2, 0.25) is 0 Å². The number of furan rings is 1. The molecule has 1 aliphatic rings. The second kappa shape index (κ2) is 6.95. The molecule has 0 saturated carbocycles. The molecule has 1 aromatic carbocycles. The van der Waals surface area contributed by atoms with Gasteiger partial charge in [0.1, 0.15) is 5.76 Å². The third-order valence-corrected chi connectivity index (χ3v) is 5.08. The summed E-state index contributed by atoms with van der Waals surface area (Å²) in [6.45, 7) is 5.31. The molecule has 27 heavy (non-hydrogen) atoms. The Bertz CT molecular complexity index is 945. The smallest absolute Gasteiger partial charge is 0.263 e. The summed E-state index contributed by atoms with van der Waals surface area (Å²) >= 11 is 0. The van der Waals surface area contributed by atoms with Crippen LogP contribution in [-0.4, -0.2) is 35.4 Å². The first kappa shape index (κ1) is 17.4. The number of likely N-dealkylation sites (N-methyl/N-ethyl adjacent to an activating group) is 1. The van der Waals surface area contributed by atoms with Gasteiger partial charge in [-0.15, -0.1) is 0 Å². The highest BCUT2D eigenvalue weighted by Crippen LogP contribution is 2.27. The maximum absolute atomic E-state index is 13.1. The SMILES string of the molecule is Cc1oc(-c2ccco2)nc1CC(=O)N1Cc2ccccc2N(C)CC1C. The summed E-state index contributed by atoms with van der Waals surface area (Å²) < 4.78 is 11.0. The van der Waals surface area contributed by atoms with Gasteiger partial charge in [0, 0.05) is 31.9 Å². The molecule has 3 heterocycles. The van der Waals surface area contributed by atoms with Crippen LogP contribution in [0.25, 0.3) is 11.7 Å². The third-order valence-electron chi connectivity index (χ3n) is 5.08. The zero-order valence-electron chi connectivity index (χ0n) is 15.8. The van der Waals surface area contributed by atoms with E-state index in [-0.39, 0.29) is 18.4 Å². The first-order valence-corrected chi connectivity index (χ1v) is 9.11. The highest BCUT2D eigenvalue weighted by molar-refractivity contribution is 5.79. The largest absolute Gasteiger partial charge is 0.459 e. The Morgan fingerprint density at radius 2 is 2.07 bits per heavy atom. The van der Waals surface area contributed by atoms with Crippen molar-refractivity contribution in [3.05, 3.63) is 59.7 Å². The van der Waals surface area contributed by atoms with Crippen LogP contribution in [0.1, 0.15) is 23.9 Å². The molecule has 6 nitrogen and oxygen atoms in total. The molecule has 1 unspecified atom stereocenters. The molecule has 4 rings (SSSR count). The Kier molecular flexibility index (Phi) is 4.48. The molecule has 2 aromatic heterocycles. The Balaban J connectivity index is 1.56. The lowest BCUT2D eigenvalue weighted by Crippen LogP contribution is -2.42. The molecule has 140 valence electrons. The normalized spacial score (nSPS) is 16.9. The van der Waals surface area contributed by atoms with Crippen molar-refractivity contribution >= 4 is 11.6 Å². The summed E-state index contributed by atoms with van der Waals surface area (Å²) in [6, 6.07) is 11.9. The van der Waals surface area contributed by atoms with E-state index in [9.17, 15) is 4.79 Å². The van der Waals surface area contributed by atoms with E-state index < -0.39 is 0 Å². The topological polar surface area (TPSA) is 62.7 Å². The van der Waals surface area contributed by atoms with Gasteiger partial charge in [-0.25, -0.2) is 4.98 Å². The van der Waals surface area contributed by atoms with E-state index in [0.29, 0.717) is 29.6 Å². The lowest BCUT2D eigenvalue weighted by molar-refractivity contribution is -0.132. The van der Waals surface area contributed by atoms with Crippen molar-refractivity contribution in [1.82, 2.24) is 9.88 Å². The minimum atomic E-state index is 0.0509. The van der Waals surface area contributed by atoms with Crippen LogP contribution in [0.3, 0.4) is 0 Å². The summed E-state index contributed by atoms with van der Waals surface area (Å²) in [7, 11) is 2.07. The average Bonchev–Trinajstić information content (AvgIpc) is 3.27. The average molecular weight is 365 g/mol. The van der Waals surface area contributed by atoms with Gasteiger partial charge in [-0.3, -0.25) is 4.79 Å². The minimum Gasteiger partial charge on any atom is -0.459 e. The number of benzene rings is 1. The van der Waals surface area contributed by atoms with Crippen molar-refractivity contribution in [3.8, 4) is 11.7 Å². The van der Waals surface area contributed by atoms with Gasteiger partial charge in [0.05, 0.1) is 18.4 Å². The van der Waals surface area contributed by atoms with Crippen LogP contribution in [-0.2, 0) is 17.8 Å². The van der Waals surface area contributed by atoms with Gasteiger partial charge in [0.2, 0.25) is 5.91 Å². The minimum absolute atomic E-state index is 0.0509. The van der Waals surface area contributed by atoms with Crippen molar-refractivity contribution in [1.29, 1.82) is 0 Å². The Morgan fingerprint density at radius 1 is 1.26 bits per heavy atom. The molecule has 0 aliphatic carbocycles. The molecule has 1 atom stereocenters. The van der Waals surface area contributed by atoms with E-state index in [1.807, 2.05) is 24.0 Å². The number of rotatable bonds is 3. The lowest BCUT2D eigenvalue weighted by Gasteiger charge is -2.28. The van der Waals surface area contributed by atoms with Gasteiger partial charge in [0.15, 0.2) is 5.76 Å². The molecular formula is C21H23N3O3. The lowest BCUT2D eigenvalue weighted by atomic mass is 10.1. The summed E-state index contributed by atoms with van der Waals surface area (Å²) in [5.74, 6) is 1.68. The van der Waals surface area contributed by atoms with Crippen LogP contribution >= 0.6 is 0 Å². The molecule has 3 aromatic rings. The zero-order valence-corrected chi connectivity index (χ0v) is 15.8. The second-order valence-corrected chi connectivity index (χ2v) is 7.06.